The van der Waals surface area contributed by atoms with Gasteiger partial charge in [0, 0.05) is 32.4 Å². The maximum absolute atomic E-state index is 13.2. The van der Waals surface area contributed by atoms with Crippen LogP contribution in [0.1, 0.15) is 5.56 Å². The molecule has 0 saturated carbocycles. The van der Waals surface area contributed by atoms with Crippen molar-refractivity contribution in [2.75, 3.05) is 19.1 Å². The van der Waals surface area contributed by atoms with Crippen LogP contribution >= 0.6 is 0 Å². The molecule has 0 atom stereocenters. The maximum atomic E-state index is 13.2. The summed E-state index contributed by atoms with van der Waals surface area (Å²) < 4.78 is 19.7. The van der Waals surface area contributed by atoms with Crippen LogP contribution in [0.3, 0.4) is 0 Å². The van der Waals surface area contributed by atoms with E-state index in [9.17, 15) is 4.39 Å². The van der Waals surface area contributed by atoms with Crippen LogP contribution in [0.25, 0.3) is 0 Å². The van der Waals surface area contributed by atoms with E-state index in [1.165, 1.54) is 7.11 Å². The second-order valence-corrected chi connectivity index (χ2v) is 3.91. The molecule has 18 heavy (non-hydrogen) atoms. The highest BCUT2D eigenvalue weighted by Gasteiger charge is 2.11. The number of hydrogen-bond donors (Lipinski definition) is 0. The van der Waals surface area contributed by atoms with Crippen molar-refractivity contribution in [1.29, 1.82) is 0 Å². The van der Waals surface area contributed by atoms with Crippen LogP contribution in [0.4, 0.5) is 10.3 Å². The molecule has 2 aromatic heterocycles. The highest BCUT2D eigenvalue weighted by atomic mass is 19.1. The van der Waals surface area contributed by atoms with Gasteiger partial charge in [-0.1, -0.05) is 0 Å². The summed E-state index contributed by atoms with van der Waals surface area (Å²) in [7, 11) is 5.04. The molecule has 0 unspecified atom stereocenters. The van der Waals surface area contributed by atoms with E-state index in [1.807, 2.05) is 20.3 Å². The van der Waals surface area contributed by atoms with Gasteiger partial charge in [-0.2, -0.15) is 14.5 Å². The van der Waals surface area contributed by atoms with Gasteiger partial charge in [-0.3, -0.25) is 4.68 Å². The summed E-state index contributed by atoms with van der Waals surface area (Å²) >= 11 is 0. The molecule has 0 bridgehead atoms. The van der Waals surface area contributed by atoms with Gasteiger partial charge in [0.2, 0.25) is 11.8 Å². The van der Waals surface area contributed by atoms with Crippen LogP contribution in [0, 0.1) is 5.82 Å². The third-order valence-corrected chi connectivity index (χ3v) is 2.41. The summed E-state index contributed by atoms with van der Waals surface area (Å²) in [5.74, 6) is -0.230. The monoisotopic (exact) mass is 251 g/mol. The highest BCUT2D eigenvalue weighted by Crippen LogP contribution is 2.16. The molecular weight excluding hydrogens is 237 g/mol. The Bertz CT molecular complexity index is 542. The van der Waals surface area contributed by atoms with Gasteiger partial charge in [-0.25, -0.2) is 4.98 Å². The number of ether oxygens (including phenoxy) is 1. The number of nitrogens with zero attached hydrogens (tertiary/aromatic N) is 5. The summed E-state index contributed by atoms with van der Waals surface area (Å²) in [4.78, 5) is 9.70. The van der Waals surface area contributed by atoms with Gasteiger partial charge in [0.15, 0.2) is 0 Å². The third-order valence-electron chi connectivity index (χ3n) is 2.41. The van der Waals surface area contributed by atoms with E-state index in [1.54, 1.807) is 15.8 Å². The molecule has 0 aliphatic carbocycles. The SMILES string of the molecule is COc1nc(N(C)Cc2cnn(C)c2)ncc1F. The van der Waals surface area contributed by atoms with Crippen molar-refractivity contribution in [2.24, 2.45) is 7.05 Å². The largest absolute Gasteiger partial charge is 0.479 e. The lowest BCUT2D eigenvalue weighted by atomic mass is 10.3. The Labute approximate surface area is 104 Å². The summed E-state index contributed by atoms with van der Waals surface area (Å²) in [5.41, 5.74) is 1.02. The molecule has 6 nitrogen and oxygen atoms in total. The van der Waals surface area contributed by atoms with E-state index >= 15 is 0 Å². The van der Waals surface area contributed by atoms with Crippen molar-refractivity contribution in [3.05, 3.63) is 30.0 Å². The average Bonchev–Trinajstić information content (AvgIpc) is 2.75. The number of methoxy groups -OCH3 is 1. The highest BCUT2D eigenvalue weighted by molar-refractivity contribution is 5.32. The van der Waals surface area contributed by atoms with Crippen molar-refractivity contribution in [2.45, 2.75) is 6.54 Å². The minimum absolute atomic E-state index is 0.0574. The topological polar surface area (TPSA) is 56.1 Å². The fourth-order valence-corrected chi connectivity index (χ4v) is 1.57. The van der Waals surface area contributed by atoms with Crippen LogP contribution in [-0.4, -0.2) is 33.9 Å². The van der Waals surface area contributed by atoms with Gasteiger partial charge in [0.1, 0.15) is 0 Å². The summed E-state index contributed by atoms with van der Waals surface area (Å²) in [6.07, 6.45) is 4.76. The number of rotatable bonds is 4. The first-order valence-corrected chi connectivity index (χ1v) is 5.35. The Balaban J connectivity index is 2.15. The van der Waals surface area contributed by atoms with Crippen LogP contribution in [0.2, 0.25) is 0 Å². The Morgan fingerprint density at radius 3 is 2.83 bits per heavy atom. The molecule has 0 spiro atoms. The Hall–Kier alpha value is -2.18. The summed E-state index contributed by atoms with van der Waals surface area (Å²) in [6, 6.07) is 0. The molecule has 0 aliphatic heterocycles. The van der Waals surface area contributed by atoms with Gasteiger partial charge >= 0.3 is 0 Å². The second kappa shape index (κ2) is 4.99. The van der Waals surface area contributed by atoms with Crippen molar-refractivity contribution >= 4 is 5.95 Å². The first-order chi connectivity index (χ1) is 8.60. The lowest BCUT2D eigenvalue weighted by molar-refractivity contribution is 0.367. The quantitative estimate of drug-likeness (QED) is 0.811. The number of anilines is 1. The number of hydrogen-bond acceptors (Lipinski definition) is 5. The molecule has 7 heteroatoms. The number of halogens is 1. The van der Waals surface area contributed by atoms with Crippen LogP contribution in [0.5, 0.6) is 5.88 Å². The van der Waals surface area contributed by atoms with Crippen molar-refractivity contribution < 1.29 is 9.13 Å². The minimum Gasteiger partial charge on any atom is -0.479 e. The number of aryl methyl sites for hydroxylation is 1. The van der Waals surface area contributed by atoms with Gasteiger partial charge in [-0.15, -0.1) is 0 Å². The summed E-state index contributed by atoms with van der Waals surface area (Å²) in [6.45, 7) is 0.586. The molecule has 0 radical (unpaired) electrons. The maximum Gasteiger partial charge on any atom is 0.255 e. The molecule has 0 aliphatic rings. The normalized spacial score (nSPS) is 10.4. The molecule has 2 heterocycles. The zero-order valence-corrected chi connectivity index (χ0v) is 10.5. The van der Waals surface area contributed by atoms with Crippen LogP contribution in [0.15, 0.2) is 18.6 Å². The van der Waals surface area contributed by atoms with E-state index in [2.05, 4.69) is 15.1 Å². The third kappa shape index (κ3) is 2.55. The van der Waals surface area contributed by atoms with E-state index in [0.717, 1.165) is 11.8 Å². The molecular formula is C11H14FN5O. The Kier molecular flexibility index (Phi) is 3.40. The smallest absolute Gasteiger partial charge is 0.255 e. The van der Waals surface area contributed by atoms with E-state index in [4.69, 9.17) is 4.74 Å². The zero-order chi connectivity index (χ0) is 13.1. The van der Waals surface area contributed by atoms with E-state index < -0.39 is 5.82 Å². The van der Waals surface area contributed by atoms with Crippen molar-refractivity contribution in [1.82, 2.24) is 19.7 Å². The molecule has 0 aromatic carbocycles. The zero-order valence-electron chi connectivity index (χ0n) is 10.5. The van der Waals surface area contributed by atoms with Gasteiger partial charge in [0.05, 0.1) is 19.5 Å². The molecule has 0 amide bonds. The Morgan fingerprint density at radius 1 is 1.44 bits per heavy atom. The first kappa shape index (κ1) is 12.3. The average molecular weight is 251 g/mol. The lowest BCUT2D eigenvalue weighted by Crippen LogP contribution is -2.19. The minimum atomic E-state index is -0.573. The second-order valence-electron chi connectivity index (χ2n) is 3.91. The van der Waals surface area contributed by atoms with E-state index in [-0.39, 0.29) is 5.88 Å². The predicted molar refractivity (Wildman–Crippen MR) is 63.9 cm³/mol. The fraction of sp³-hybridized carbons (Fsp3) is 0.364. The fourth-order valence-electron chi connectivity index (χ4n) is 1.57. The molecule has 0 N–H and O–H groups in total. The predicted octanol–water partition coefficient (Wildman–Crippen LogP) is 0.994. The molecule has 0 saturated heterocycles. The van der Waals surface area contributed by atoms with Gasteiger partial charge in [-0.05, 0) is 0 Å². The van der Waals surface area contributed by atoms with Gasteiger partial charge < -0.3 is 9.64 Å². The van der Waals surface area contributed by atoms with E-state index in [0.29, 0.717) is 12.5 Å². The standard InChI is InChI=1S/C11H14FN5O/c1-16(6-8-4-14-17(2)7-8)11-13-5-9(12)10(15-11)18-3/h4-5,7H,6H2,1-3H3. The Morgan fingerprint density at radius 2 is 2.22 bits per heavy atom. The lowest BCUT2D eigenvalue weighted by Gasteiger charge is -2.16. The molecule has 2 aromatic rings. The first-order valence-electron chi connectivity index (χ1n) is 5.35. The van der Waals surface area contributed by atoms with Crippen LogP contribution in [-0.2, 0) is 13.6 Å². The molecule has 2 rings (SSSR count). The van der Waals surface area contributed by atoms with Crippen LogP contribution < -0.4 is 9.64 Å². The van der Waals surface area contributed by atoms with Crippen molar-refractivity contribution in [3.8, 4) is 5.88 Å². The van der Waals surface area contributed by atoms with Crippen molar-refractivity contribution in [3.63, 3.8) is 0 Å². The van der Waals surface area contributed by atoms with Gasteiger partial charge in [0.25, 0.3) is 5.88 Å². The number of aromatic nitrogens is 4. The summed E-state index contributed by atoms with van der Waals surface area (Å²) in [5, 5.41) is 4.08. The molecule has 96 valence electrons. The molecule has 0 fully saturated rings.